The molecule has 0 spiro atoms. The van der Waals surface area contributed by atoms with Gasteiger partial charge in [-0.1, -0.05) is 23.1 Å². The molecule has 6 heteroatoms. The number of nitrogens with zero attached hydrogens (tertiary/aromatic N) is 3. The van der Waals surface area contributed by atoms with E-state index in [0.29, 0.717) is 5.71 Å². The number of aryl methyl sites for hydroxylation is 3. The number of aromatic nitrogens is 3. The first-order valence-corrected chi connectivity index (χ1v) is 12.8. The smallest absolute Gasteiger partial charge is 0.216 e. The van der Waals surface area contributed by atoms with Crippen LogP contribution < -0.4 is 0 Å². The van der Waals surface area contributed by atoms with Crippen molar-refractivity contribution < 1.29 is 24.5 Å². The molecule has 0 amide bonds. The molecular weight excluding hydrogens is 667 g/mol. The molecule has 0 atom stereocenters. The van der Waals surface area contributed by atoms with Gasteiger partial charge in [-0.15, -0.1) is 65.4 Å². The third-order valence-electron chi connectivity index (χ3n) is 6.13. The van der Waals surface area contributed by atoms with Crippen molar-refractivity contribution in [3.05, 3.63) is 113 Å². The Hall–Kier alpha value is -3.70. The van der Waals surface area contributed by atoms with Crippen molar-refractivity contribution in [2.24, 2.45) is 0 Å². The van der Waals surface area contributed by atoms with Gasteiger partial charge >= 0.3 is 0 Å². The Labute approximate surface area is 238 Å². The van der Waals surface area contributed by atoms with E-state index in [1.54, 1.807) is 11.3 Å². The van der Waals surface area contributed by atoms with E-state index in [2.05, 4.69) is 52.2 Å². The molecule has 0 bridgehead atoms. The fourth-order valence-corrected chi connectivity index (χ4v) is 5.35. The summed E-state index contributed by atoms with van der Waals surface area (Å²) >= 11 is 1.75. The largest absolute Gasteiger partial charge is 0.486 e. The number of furan rings is 1. The standard InChI is InChI=1S/C20H13N2OS.C12H10N.Ir/c1-11-6-7-15-14-4-3-5-16(18(14)23-20(15)22-11)17-19-13(8-9-21-17)10-12(2)24-19;1-10-7-8-12(13-9-10)11-5-3-2-4-6-11;/h3-4,6-10H,1-2H3;2-5,7-9H,1H3;/q2*-1;. The number of benzene rings is 2. The van der Waals surface area contributed by atoms with E-state index in [4.69, 9.17) is 4.42 Å². The molecule has 5 aromatic heterocycles. The summed E-state index contributed by atoms with van der Waals surface area (Å²) < 4.78 is 7.27. The van der Waals surface area contributed by atoms with Crippen LogP contribution in [0.2, 0.25) is 0 Å². The second-order valence-corrected chi connectivity index (χ2v) is 10.2. The minimum atomic E-state index is 0. The molecular formula is C32H23IrN3OS-2. The predicted octanol–water partition coefficient (Wildman–Crippen LogP) is 8.53. The van der Waals surface area contributed by atoms with Gasteiger partial charge in [0.25, 0.3) is 0 Å². The minimum Gasteiger partial charge on any atom is -0.486 e. The third kappa shape index (κ3) is 5.03. The van der Waals surface area contributed by atoms with E-state index in [9.17, 15) is 0 Å². The van der Waals surface area contributed by atoms with E-state index in [1.165, 1.54) is 20.5 Å². The molecule has 0 N–H and O–H groups in total. The van der Waals surface area contributed by atoms with Crippen LogP contribution in [0, 0.1) is 32.9 Å². The topological polar surface area (TPSA) is 51.8 Å². The van der Waals surface area contributed by atoms with E-state index in [1.807, 2.05) is 80.8 Å². The first-order chi connectivity index (χ1) is 18.1. The van der Waals surface area contributed by atoms with Crippen LogP contribution in [0.4, 0.5) is 0 Å². The normalized spacial score (nSPS) is 10.8. The minimum absolute atomic E-state index is 0. The van der Waals surface area contributed by atoms with Gasteiger partial charge in [-0.3, -0.25) is 0 Å². The van der Waals surface area contributed by atoms with Gasteiger partial charge in [0.15, 0.2) is 0 Å². The Kier molecular flexibility index (Phi) is 7.48. The quantitative estimate of drug-likeness (QED) is 0.171. The Morgan fingerprint density at radius 2 is 1.74 bits per heavy atom. The monoisotopic (exact) mass is 690 g/mol. The van der Waals surface area contributed by atoms with E-state index >= 15 is 0 Å². The molecule has 7 aromatic rings. The van der Waals surface area contributed by atoms with E-state index in [-0.39, 0.29) is 20.1 Å². The van der Waals surface area contributed by atoms with Crippen molar-refractivity contribution >= 4 is 43.5 Å². The van der Waals surface area contributed by atoms with Crippen LogP contribution in [0.5, 0.6) is 0 Å². The second kappa shape index (κ2) is 11.0. The second-order valence-electron chi connectivity index (χ2n) is 8.93. The Morgan fingerprint density at radius 3 is 2.53 bits per heavy atom. The van der Waals surface area contributed by atoms with Crippen molar-refractivity contribution in [2.75, 3.05) is 0 Å². The number of fused-ring (bicyclic) bond motifs is 4. The maximum Gasteiger partial charge on any atom is 0.216 e. The average molecular weight is 690 g/mol. The Bertz CT molecular complexity index is 1860. The van der Waals surface area contributed by atoms with Crippen molar-refractivity contribution in [2.45, 2.75) is 20.8 Å². The first kappa shape index (κ1) is 25.9. The van der Waals surface area contributed by atoms with Crippen LogP contribution >= 0.6 is 11.3 Å². The van der Waals surface area contributed by atoms with Crippen molar-refractivity contribution in [3.8, 4) is 22.5 Å². The maximum absolute atomic E-state index is 6.10. The third-order valence-corrected chi connectivity index (χ3v) is 7.20. The molecule has 0 aliphatic carbocycles. The SMILES string of the molecule is Cc1ccc(-c2[c-]cccc2)nc1.Cc1ccc2c(n1)oc1c(-c3nccc4cc(C)sc34)[c-]ccc12.[Ir]. The summed E-state index contributed by atoms with van der Waals surface area (Å²) in [7, 11) is 0. The molecule has 0 aliphatic rings. The molecule has 189 valence electrons. The maximum atomic E-state index is 6.10. The van der Waals surface area contributed by atoms with Gasteiger partial charge in [0.2, 0.25) is 5.71 Å². The van der Waals surface area contributed by atoms with E-state index < -0.39 is 0 Å². The summed E-state index contributed by atoms with van der Waals surface area (Å²) in [5, 5.41) is 3.29. The summed E-state index contributed by atoms with van der Waals surface area (Å²) in [6, 6.07) is 30.7. The summed E-state index contributed by atoms with van der Waals surface area (Å²) in [5.41, 5.74) is 7.44. The molecule has 1 radical (unpaired) electrons. The molecule has 0 unspecified atom stereocenters. The van der Waals surface area contributed by atoms with Gasteiger partial charge in [0.05, 0.1) is 5.58 Å². The Balaban J connectivity index is 0.000000179. The van der Waals surface area contributed by atoms with Gasteiger partial charge in [-0.05, 0) is 61.7 Å². The van der Waals surface area contributed by atoms with Crippen LogP contribution in [0.3, 0.4) is 0 Å². The van der Waals surface area contributed by atoms with Gasteiger partial charge in [-0.2, -0.15) is 0 Å². The molecule has 38 heavy (non-hydrogen) atoms. The molecule has 0 fully saturated rings. The van der Waals surface area contributed by atoms with E-state index in [0.717, 1.165) is 44.6 Å². The molecule has 4 nitrogen and oxygen atoms in total. The number of hydrogen-bond donors (Lipinski definition) is 0. The molecule has 0 saturated heterocycles. The van der Waals surface area contributed by atoms with Crippen molar-refractivity contribution in [3.63, 3.8) is 0 Å². The van der Waals surface area contributed by atoms with Crippen LogP contribution in [-0.4, -0.2) is 15.0 Å². The van der Waals surface area contributed by atoms with Gasteiger partial charge < -0.3 is 14.4 Å². The van der Waals surface area contributed by atoms with Crippen LogP contribution in [0.25, 0.3) is 54.7 Å². The number of thiophene rings is 1. The fraction of sp³-hybridized carbons (Fsp3) is 0.0938. The van der Waals surface area contributed by atoms with Gasteiger partial charge in [0, 0.05) is 58.9 Å². The molecule has 0 aliphatic heterocycles. The van der Waals surface area contributed by atoms with Crippen molar-refractivity contribution in [1.82, 2.24) is 15.0 Å². The zero-order chi connectivity index (χ0) is 25.4. The fourth-order valence-electron chi connectivity index (χ4n) is 4.34. The summed E-state index contributed by atoms with van der Waals surface area (Å²) in [4.78, 5) is 14.7. The first-order valence-electron chi connectivity index (χ1n) is 12.0. The van der Waals surface area contributed by atoms with Crippen LogP contribution in [0.15, 0.2) is 89.6 Å². The van der Waals surface area contributed by atoms with Crippen LogP contribution in [0.1, 0.15) is 16.1 Å². The Morgan fingerprint density at radius 1 is 0.842 bits per heavy atom. The summed E-state index contributed by atoms with van der Waals surface area (Å²) in [5.74, 6) is 0. The molecule has 7 rings (SSSR count). The predicted molar refractivity (Wildman–Crippen MR) is 152 cm³/mol. The van der Waals surface area contributed by atoms with Gasteiger partial charge in [-0.25, -0.2) is 4.98 Å². The molecule has 0 saturated carbocycles. The van der Waals surface area contributed by atoms with Gasteiger partial charge in [0.1, 0.15) is 0 Å². The van der Waals surface area contributed by atoms with Crippen LogP contribution in [-0.2, 0) is 20.1 Å². The number of hydrogen-bond acceptors (Lipinski definition) is 5. The molecule has 2 aromatic carbocycles. The summed E-state index contributed by atoms with van der Waals surface area (Å²) in [6.45, 7) is 6.12. The molecule has 5 heterocycles. The van der Waals surface area contributed by atoms with Crippen molar-refractivity contribution in [1.29, 1.82) is 0 Å². The number of pyridine rings is 3. The average Bonchev–Trinajstić information content (AvgIpc) is 3.49. The zero-order valence-electron chi connectivity index (χ0n) is 21.1. The summed E-state index contributed by atoms with van der Waals surface area (Å²) in [6.07, 6.45) is 3.72. The number of rotatable bonds is 2. The zero-order valence-corrected chi connectivity index (χ0v) is 24.3.